The van der Waals surface area contributed by atoms with Crippen LogP contribution in [0, 0.1) is 0 Å². The van der Waals surface area contributed by atoms with Gasteiger partial charge in [-0.1, -0.05) is 0 Å². The van der Waals surface area contributed by atoms with Gasteiger partial charge in [-0.3, -0.25) is 4.79 Å². The zero-order valence-electron chi connectivity index (χ0n) is 11.0. The molecule has 1 unspecified atom stereocenters. The molecule has 0 rings (SSSR count). The number of nitrogens with one attached hydrogen (secondary N) is 2. The van der Waals surface area contributed by atoms with Crippen LogP contribution in [0.2, 0.25) is 0 Å². The van der Waals surface area contributed by atoms with Gasteiger partial charge in [-0.05, 0) is 34.6 Å². The van der Waals surface area contributed by atoms with Crippen molar-refractivity contribution in [1.29, 1.82) is 0 Å². The Morgan fingerprint density at radius 3 is 2.24 bits per heavy atom. The van der Waals surface area contributed by atoms with E-state index in [1.807, 2.05) is 0 Å². The predicted octanol–water partition coefficient (Wildman–Crippen LogP) is 0.397. The molecule has 2 amide bonds. The summed E-state index contributed by atoms with van der Waals surface area (Å²) in [5.74, 6) is -0.364. The number of rotatable bonds is 4. The molecule has 0 aromatic carbocycles. The fourth-order valence-corrected chi connectivity index (χ4v) is 0.951. The minimum atomic E-state index is -0.705. The molecule has 0 aromatic heterocycles. The largest absolute Gasteiger partial charge is 0.444 e. The van der Waals surface area contributed by atoms with Gasteiger partial charge in [-0.15, -0.1) is 0 Å². The van der Waals surface area contributed by atoms with Gasteiger partial charge in [0.15, 0.2) is 0 Å². The normalized spacial score (nSPS) is 14.7. The number of aliphatic hydroxyl groups is 1. The molecular weight excluding hydrogens is 224 g/mol. The summed E-state index contributed by atoms with van der Waals surface area (Å²) in [4.78, 5) is 22.8. The molecule has 100 valence electrons. The molecule has 0 aliphatic heterocycles. The minimum absolute atomic E-state index is 0.152. The summed E-state index contributed by atoms with van der Waals surface area (Å²) in [7, 11) is 0. The highest BCUT2D eigenvalue weighted by atomic mass is 16.6. The molecule has 0 heterocycles. The molecule has 0 saturated heterocycles. The van der Waals surface area contributed by atoms with Gasteiger partial charge in [0, 0.05) is 6.54 Å². The molecule has 6 nitrogen and oxygen atoms in total. The zero-order valence-corrected chi connectivity index (χ0v) is 11.0. The van der Waals surface area contributed by atoms with Crippen molar-refractivity contribution < 1.29 is 19.4 Å². The van der Waals surface area contributed by atoms with Gasteiger partial charge in [0.25, 0.3) is 0 Å². The van der Waals surface area contributed by atoms with E-state index in [0.717, 1.165) is 0 Å². The fraction of sp³-hybridized carbons (Fsp3) is 0.818. The van der Waals surface area contributed by atoms with Gasteiger partial charge in [-0.2, -0.15) is 0 Å². The number of hydrogen-bond acceptors (Lipinski definition) is 4. The molecule has 0 bridgehead atoms. The van der Waals surface area contributed by atoms with E-state index in [-0.39, 0.29) is 12.5 Å². The highest BCUT2D eigenvalue weighted by Gasteiger charge is 2.20. The first kappa shape index (κ1) is 15.7. The van der Waals surface area contributed by atoms with Crippen LogP contribution >= 0.6 is 0 Å². The van der Waals surface area contributed by atoms with Crippen molar-refractivity contribution >= 4 is 12.0 Å². The Balaban J connectivity index is 4.03. The van der Waals surface area contributed by atoms with Crippen LogP contribution < -0.4 is 10.6 Å². The number of amides is 2. The molecule has 0 aliphatic carbocycles. The second-order valence-electron chi connectivity index (χ2n) is 4.96. The van der Waals surface area contributed by atoms with E-state index in [4.69, 9.17) is 9.84 Å². The van der Waals surface area contributed by atoms with E-state index < -0.39 is 23.8 Å². The maximum absolute atomic E-state index is 11.5. The van der Waals surface area contributed by atoms with E-state index in [2.05, 4.69) is 10.6 Å². The van der Waals surface area contributed by atoms with Crippen LogP contribution in [-0.4, -0.2) is 41.4 Å². The van der Waals surface area contributed by atoms with Crippen molar-refractivity contribution in [1.82, 2.24) is 10.6 Å². The van der Waals surface area contributed by atoms with Crippen molar-refractivity contribution in [2.45, 2.75) is 52.4 Å². The van der Waals surface area contributed by atoms with Crippen LogP contribution in [-0.2, 0) is 9.53 Å². The lowest BCUT2D eigenvalue weighted by molar-refractivity contribution is -0.123. The molecule has 3 N–H and O–H groups in total. The Kier molecular flexibility index (Phi) is 5.95. The van der Waals surface area contributed by atoms with E-state index >= 15 is 0 Å². The minimum Gasteiger partial charge on any atom is -0.444 e. The smallest absolute Gasteiger partial charge is 0.408 e. The van der Waals surface area contributed by atoms with Crippen LogP contribution in [0.1, 0.15) is 34.6 Å². The molecule has 0 aromatic rings. The maximum Gasteiger partial charge on any atom is 0.408 e. The molecule has 0 fully saturated rings. The van der Waals surface area contributed by atoms with Gasteiger partial charge < -0.3 is 20.5 Å². The third kappa shape index (κ3) is 8.50. The van der Waals surface area contributed by atoms with Gasteiger partial charge in [0.05, 0.1) is 6.10 Å². The third-order valence-corrected chi connectivity index (χ3v) is 1.70. The highest BCUT2D eigenvalue weighted by Crippen LogP contribution is 2.06. The standard InChI is InChI=1S/C11H22N2O4/c1-7(14)6-12-9(15)8(2)13-10(16)17-11(3,4)5/h7-8,14H,6H2,1-5H3,(H,12,15)(H,13,16)/t7?,8-/m1/s1. The second-order valence-corrected chi connectivity index (χ2v) is 4.96. The first-order valence-electron chi connectivity index (χ1n) is 5.57. The Labute approximate surface area is 102 Å². The number of alkyl carbamates (subject to hydrolysis) is 1. The van der Waals surface area contributed by atoms with Crippen molar-refractivity contribution in [2.24, 2.45) is 0 Å². The van der Waals surface area contributed by atoms with Crippen molar-refractivity contribution in [2.75, 3.05) is 6.54 Å². The fourth-order valence-electron chi connectivity index (χ4n) is 0.951. The predicted molar refractivity (Wildman–Crippen MR) is 63.5 cm³/mol. The van der Waals surface area contributed by atoms with Crippen molar-refractivity contribution in [3.8, 4) is 0 Å². The summed E-state index contributed by atoms with van der Waals surface area (Å²) in [6, 6.07) is -0.705. The van der Waals surface area contributed by atoms with Gasteiger partial charge >= 0.3 is 6.09 Å². The van der Waals surface area contributed by atoms with Crippen molar-refractivity contribution in [3.05, 3.63) is 0 Å². The quantitative estimate of drug-likeness (QED) is 0.670. The molecule has 2 atom stereocenters. The summed E-state index contributed by atoms with van der Waals surface area (Å²) >= 11 is 0. The van der Waals surface area contributed by atoms with Gasteiger partial charge in [0.2, 0.25) is 5.91 Å². The summed E-state index contributed by atoms with van der Waals surface area (Å²) in [5.41, 5.74) is -0.597. The number of aliphatic hydroxyl groups excluding tert-OH is 1. The number of hydrogen-bond donors (Lipinski definition) is 3. The van der Waals surface area contributed by atoms with Gasteiger partial charge in [0.1, 0.15) is 11.6 Å². The SMILES string of the molecule is CC(O)CNC(=O)[C@@H](C)NC(=O)OC(C)(C)C. The molecule has 0 radical (unpaired) electrons. The molecule has 0 spiro atoms. The van der Waals surface area contributed by atoms with E-state index in [1.54, 1.807) is 34.6 Å². The number of carbonyl (C=O) groups excluding carboxylic acids is 2. The molecule has 0 saturated carbocycles. The van der Waals surface area contributed by atoms with Crippen LogP contribution in [0.3, 0.4) is 0 Å². The van der Waals surface area contributed by atoms with Gasteiger partial charge in [-0.25, -0.2) is 4.79 Å². The highest BCUT2D eigenvalue weighted by molar-refractivity contribution is 5.85. The summed E-state index contributed by atoms with van der Waals surface area (Å²) < 4.78 is 5.00. The van der Waals surface area contributed by atoms with Crippen LogP contribution in [0.4, 0.5) is 4.79 Å². The van der Waals surface area contributed by atoms with E-state index in [9.17, 15) is 9.59 Å². The number of carbonyl (C=O) groups is 2. The lowest BCUT2D eigenvalue weighted by Crippen LogP contribution is -2.47. The zero-order chi connectivity index (χ0) is 13.6. The number of ether oxygens (including phenoxy) is 1. The maximum atomic E-state index is 11.5. The third-order valence-electron chi connectivity index (χ3n) is 1.70. The average molecular weight is 246 g/mol. The Morgan fingerprint density at radius 1 is 1.29 bits per heavy atom. The molecular formula is C11H22N2O4. The monoisotopic (exact) mass is 246 g/mol. The second kappa shape index (κ2) is 6.44. The Morgan fingerprint density at radius 2 is 1.82 bits per heavy atom. The molecule has 17 heavy (non-hydrogen) atoms. The van der Waals surface area contributed by atoms with Crippen LogP contribution in [0.25, 0.3) is 0 Å². The van der Waals surface area contributed by atoms with Crippen LogP contribution in [0.5, 0.6) is 0 Å². The molecule has 0 aliphatic rings. The summed E-state index contributed by atoms with van der Waals surface area (Å²) in [5, 5.41) is 13.9. The first-order chi connectivity index (χ1) is 7.61. The van der Waals surface area contributed by atoms with Crippen molar-refractivity contribution in [3.63, 3.8) is 0 Å². The summed E-state index contributed by atoms with van der Waals surface area (Å²) in [6.45, 7) is 8.48. The summed E-state index contributed by atoms with van der Waals surface area (Å²) in [6.07, 6.45) is -1.26. The van der Waals surface area contributed by atoms with E-state index in [1.165, 1.54) is 0 Å². The Hall–Kier alpha value is -1.30. The van der Waals surface area contributed by atoms with E-state index in [0.29, 0.717) is 0 Å². The topological polar surface area (TPSA) is 87.7 Å². The van der Waals surface area contributed by atoms with Crippen LogP contribution in [0.15, 0.2) is 0 Å². The molecule has 6 heteroatoms. The average Bonchev–Trinajstić information content (AvgIpc) is 2.10. The lowest BCUT2D eigenvalue weighted by Gasteiger charge is -2.21. The first-order valence-corrected chi connectivity index (χ1v) is 5.57. The Bertz CT molecular complexity index is 271. The lowest BCUT2D eigenvalue weighted by atomic mass is 10.2.